The summed E-state index contributed by atoms with van der Waals surface area (Å²) in [5, 5.41) is 21.3. The van der Waals surface area contributed by atoms with Crippen molar-refractivity contribution in [2.75, 3.05) is 11.9 Å². The fraction of sp³-hybridized carbons (Fsp3) is 0.316. The summed E-state index contributed by atoms with van der Waals surface area (Å²) >= 11 is 0. The lowest BCUT2D eigenvalue weighted by Gasteiger charge is -2.24. The van der Waals surface area contributed by atoms with E-state index in [2.05, 4.69) is 5.32 Å². The zero-order valence-electron chi connectivity index (χ0n) is 13.9. The Hall–Kier alpha value is -2.53. The molecule has 2 atom stereocenters. The number of benzene rings is 2. The summed E-state index contributed by atoms with van der Waals surface area (Å²) in [6, 6.07) is 14.0. The van der Waals surface area contributed by atoms with Gasteiger partial charge in [0.25, 0.3) is 0 Å². The molecular formula is C19H23NO4. The third kappa shape index (κ3) is 4.99. The molecule has 0 fully saturated rings. The van der Waals surface area contributed by atoms with Crippen LogP contribution in [0.25, 0.3) is 0 Å². The van der Waals surface area contributed by atoms with Crippen molar-refractivity contribution in [2.45, 2.75) is 26.4 Å². The van der Waals surface area contributed by atoms with Gasteiger partial charge in [-0.2, -0.15) is 0 Å². The first-order chi connectivity index (χ1) is 11.5. The Labute approximate surface area is 141 Å². The quantitative estimate of drug-likeness (QED) is 0.748. The minimum Gasteiger partial charge on any atom is -0.508 e. The number of hydrogen-bond donors (Lipinski definition) is 3. The number of aromatic hydroxyl groups is 1. The Kier molecular flexibility index (Phi) is 6.21. The van der Waals surface area contributed by atoms with Crippen LogP contribution in [-0.2, 0) is 4.74 Å². The van der Waals surface area contributed by atoms with Crippen LogP contribution in [0.5, 0.6) is 5.75 Å². The number of aryl methyl sites for hydroxylation is 1. The molecule has 0 spiro atoms. The summed E-state index contributed by atoms with van der Waals surface area (Å²) in [6.45, 7) is 3.89. The van der Waals surface area contributed by atoms with Gasteiger partial charge in [0, 0.05) is 12.3 Å². The van der Waals surface area contributed by atoms with Crippen molar-refractivity contribution < 1.29 is 19.7 Å². The molecule has 2 aromatic carbocycles. The average molecular weight is 329 g/mol. The number of anilines is 1. The number of phenolic OH excluding ortho intramolecular Hbond substituents is 1. The SMILES string of the molecule is Cc1ccc(NC(=O)O[C@@H](c2ccc(O)cc2)[C@H](C)CCO)cc1. The molecule has 0 heterocycles. The normalized spacial score (nSPS) is 13.1. The lowest BCUT2D eigenvalue weighted by atomic mass is 9.94. The number of carbonyl (C=O) groups excluding carboxylic acids is 1. The zero-order valence-corrected chi connectivity index (χ0v) is 13.9. The number of rotatable bonds is 6. The largest absolute Gasteiger partial charge is 0.508 e. The molecular weight excluding hydrogens is 306 g/mol. The minimum atomic E-state index is -0.554. The monoisotopic (exact) mass is 329 g/mol. The van der Waals surface area contributed by atoms with E-state index in [0.717, 1.165) is 11.1 Å². The lowest BCUT2D eigenvalue weighted by Crippen LogP contribution is -2.22. The molecule has 1 amide bonds. The van der Waals surface area contributed by atoms with Gasteiger partial charge < -0.3 is 14.9 Å². The number of aliphatic hydroxyl groups is 1. The number of amides is 1. The van der Waals surface area contributed by atoms with Crippen LogP contribution in [0.1, 0.15) is 30.6 Å². The highest BCUT2D eigenvalue weighted by Crippen LogP contribution is 2.30. The molecule has 0 bridgehead atoms. The molecule has 5 heteroatoms. The number of aliphatic hydroxyl groups excluding tert-OH is 1. The Morgan fingerprint density at radius 2 is 1.75 bits per heavy atom. The Morgan fingerprint density at radius 3 is 2.33 bits per heavy atom. The molecule has 0 aliphatic carbocycles. The van der Waals surface area contributed by atoms with Crippen molar-refractivity contribution in [3.8, 4) is 5.75 Å². The molecule has 2 rings (SSSR count). The number of hydrogen-bond acceptors (Lipinski definition) is 4. The Bertz CT molecular complexity index is 652. The third-order valence-corrected chi connectivity index (χ3v) is 3.85. The van der Waals surface area contributed by atoms with Gasteiger partial charge in [-0.1, -0.05) is 36.8 Å². The summed E-state index contributed by atoms with van der Waals surface area (Å²) in [7, 11) is 0. The van der Waals surface area contributed by atoms with Gasteiger partial charge in [0.15, 0.2) is 0 Å². The third-order valence-electron chi connectivity index (χ3n) is 3.85. The maximum absolute atomic E-state index is 12.2. The van der Waals surface area contributed by atoms with Gasteiger partial charge in [-0.25, -0.2) is 4.79 Å². The molecule has 0 saturated heterocycles. The fourth-order valence-electron chi connectivity index (χ4n) is 2.43. The summed E-state index contributed by atoms with van der Waals surface area (Å²) in [5.74, 6) is 0.0831. The van der Waals surface area contributed by atoms with Crippen LogP contribution in [0.3, 0.4) is 0 Å². The van der Waals surface area contributed by atoms with Gasteiger partial charge in [0.1, 0.15) is 11.9 Å². The van der Waals surface area contributed by atoms with Crippen molar-refractivity contribution in [1.82, 2.24) is 0 Å². The maximum Gasteiger partial charge on any atom is 0.412 e. The molecule has 0 saturated carbocycles. The number of phenols is 1. The number of nitrogens with one attached hydrogen (secondary N) is 1. The fourth-order valence-corrected chi connectivity index (χ4v) is 2.43. The van der Waals surface area contributed by atoms with E-state index in [1.54, 1.807) is 24.3 Å². The van der Waals surface area contributed by atoms with Gasteiger partial charge >= 0.3 is 6.09 Å². The van der Waals surface area contributed by atoms with Crippen LogP contribution in [0.15, 0.2) is 48.5 Å². The van der Waals surface area contributed by atoms with Crippen molar-refractivity contribution in [2.24, 2.45) is 5.92 Å². The highest BCUT2D eigenvalue weighted by atomic mass is 16.6. The standard InChI is InChI=1S/C19H23NO4/c1-13-3-7-16(8-4-13)20-19(23)24-18(14(2)11-12-21)15-5-9-17(22)10-6-15/h3-10,14,18,21-22H,11-12H2,1-2H3,(H,20,23)/t14-,18-/m1/s1. The predicted octanol–water partition coefficient (Wildman–Crippen LogP) is 4.01. The van der Waals surface area contributed by atoms with Crippen molar-refractivity contribution in [3.63, 3.8) is 0 Å². The molecule has 0 aliphatic heterocycles. The van der Waals surface area contributed by atoms with Crippen LogP contribution in [-0.4, -0.2) is 22.9 Å². The molecule has 0 unspecified atom stereocenters. The Morgan fingerprint density at radius 1 is 1.12 bits per heavy atom. The average Bonchev–Trinajstić information content (AvgIpc) is 2.56. The first-order valence-corrected chi connectivity index (χ1v) is 7.93. The van der Waals surface area contributed by atoms with Crippen LogP contribution >= 0.6 is 0 Å². The van der Waals surface area contributed by atoms with Crippen LogP contribution in [0.2, 0.25) is 0 Å². The van der Waals surface area contributed by atoms with E-state index in [1.807, 2.05) is 38.1 Å². The molecule has 3 N–H and O–H groups in total. The topological polar surface area (TPSA) is 78.8 Å². The van der Waals surface area contributed by atoms with E-state index >= 15 is 0 Å². The number of carbonyl (C=O) groups is 1. The van der Waals surface area contributed by atoms with E-state index < -0.39 is 12.2 Å². The summed E-state index contributed by atoms with van der Waals surface area (Å²) in [6.07, 6.45) is -0.562. The van der Waals surface area contributed by atoms with Gasteiger partial charge in [-0.3, -0.25) is 5.32 Å². The van der Waals surface area contributed by atoms with E-state index in [9.17, 15) is 15.0 Å². The zero-order chi connectivity index (χ0) is 17.5. The number of ether oxygens (including phenoxy) is 1. The molecule has 24 heavy (non-hydrogen) atoms. The smallest absolute Gasteiger partial charge is 0.412 e. The first-order valence-electron chi connectivity index (χ1n) is 7.93. The van der Waals surface area contributed by atoms with Crippen LogP contribution < -0.4 is 5.32 Å². The van der Waals surface area contributed by atoms with E-state index in [1.165, 1.54) is 0 Å². The van der Waals surface area contributed by atoms with Crippen molar-refractivity contribution >= 4 is 11.8 Å². The first kappa shape index (κ1) is 17.8. The van der Waals surface area contributed by atoms with Gasteiger partial charge in [-0.15, -0.1) is 0 Å². The predicted molar refractivity (Wildman–Crippen MR) is 93.0 cm³/mol. The van der Waals surface area contributed by atoms with Crippen molar-refractivity contribution in [3.05, 3.63) is 59.7 Å². The molecule has 5 nitrogen and oxygen atoms in total. The summed E-state index contributed by atoms with van der Waals surface area (Å²) in [4.78, 5) is 12.2. The molecule has 0 radical (unpaired) electrons. The highest BCUT2D eigenvalue weighted by molar-refractivity contribution is 5.84. The molecule has 128 valence electrons. The Balaban J connectivity index is 2.10. The lowest BCUT2D eigenvalue weighted by molar-refractivity contribution is 0.0667. The summed E-state index contributed by atoms with van der Waals surface area (Å²) in [5.41, 5.74) is 2.53. The highest BCUT2D eigenvalue weighted by Gasteiger charge is 2.23. The van der Waals surface area contributed by atoms with Crippen LogP contribution in [0, 0.1) is 12.8 Å². The minimum absolute atomic E-state index is 0.0126. The van der Waals surface area contributed by atoms with Crippen molar-refractivity contribution in [1.29, 1.82) is 0 Å². The maximum atomic E-state index is 12.2. The van der Waals surface area contributed by atoms with Crippen LogP contribution in [0.4, 0.5) is 10.5 Å². The van der Waals surface area contributed by atoms with E-state index in [0.29, 0.717) is 12.1 Å². The molecule has 0 aromatic heterocycles. The second kappa shape index (κ2) is 8.36. The van der Waals surface area contributed by atoms with E-state index in [-0.39, 0.29) is 18.3 Å². The molecule has 2 aromatic rings. The van der Waals surface area contributed by atoms with Gasteiger partial charge in [0.2, 0.25) is 0 Å². The van der Waals surface area contributed by atoms with E-state index in [4.69, 9.17) is 4.74 Å². The van der Waals surface area contributed by atoms with Gasteiger partial charge in [-0.05, 0) is 49.1 Å². The second-order valence-electron chi connectivity index (χ2n) is 5.90. The molecule has 0 aliphatic rings. The summed E-state index contributed by atoms with van der Waals surface area (Å²) < 4.78 is 5.58. The second-order valence-corrected chi connectivity index (χ2v) is 5.90. The van der Waals surface area contributed by atoms with Gasteiger partial charge in [0.05, 0.1) is 0 Å².